The van der Waals surface area contributed by atoms with Crippen LogP contribution < -0.4 is 5.32 Å². The highest BCUT2D eigenvalue weighted by Gasteiger charge is 2.25. The van der Waals surface area contributed by atoms with Crippen LogP contribution in [0.25, 0.3) is 0 Å². The molecule has 0 aromatic heterocycles. The van der Waals surface area contributed by atoms with Crippen molar-refractivity contribution in [2.45, 2.75) is 26.3 Å². The van der Waals surface area contributed by atoms with Crippen LogP contribution in [0.2, 0.25) is 0 Å². The van der Waals surface area contributed by atoms with Crippen molar-refractivity contribution in [3.63, 3.8) is 0 Å². The minimum atomic E-state index is -3.57. The van der Waals surface area contributed by atoms with Crippen LogP contribution in [0.1, 0.15) is 20.8 Å². The summed E-state index contributed by atoms with van der Waals surface area (Å²) in [5.74, 6) is -0.554. The number of rotatable bonds is 3. The highest BCUT2D eigenvalue weighted by molar-refractivity contribution is 8.13. The lowest BCUT2D eigenvalue weighted by Crippen LogP contribution is -2.46. The summed E-state index contributed by atoms with van der Waals surface area (Å²) in [4.78, 5) is 10.6. The average molecular weight is 214 g/mol. The van der Waals surface area contributed by atoms with Crippen molar-refractivity contribution in [1.82, 2.24) is 5.32 Å². The van der Waals surface area contributed by atoms with Crippen LogP contribution >= 0.6 is 10.7 Å². The van der Waals surface area contributed by atoms with Gasteiger partial charge in [0.2, 0.25) is 15.0 Å². The van der Waals surface area contributed by atoms with Gasteiger partial charge in [-0.1, -0.05) is 0 Å². The Bertz CT molecular complexity index is 271. The van der Waals surface area contributed by atoms with E-state index in [-0.39, 0.29) is 11.7 Å². The molecule has 0 aliphatic rings. The molecule has 0 spiro atoms. The van der Waals surface area contributed by atoms with E-state index in [1.807, 2.05) is 0 Å². The summed E-state index contributed by atoms with van der Waals surface area (Å²) in [6, 6.07) is 0. The van der Waals surface area contributed by atoms with E-state index in [0.717, 1.165) is 0 Å². The Labute approximate surface area is 76.7 Å². The Morgan fingerprint density at radius 1 is 1.50 bits per heavy atom. The first kappa shape index (κ1) is 11.7. The molecule has 4 nitrogen and oxygen atoms in total. The average Bonchev–Trinajstić information content (AvgIpc) is 1.48. The third kappa shape index (κ3) is 6.42. The maximum Gasteiger partial charge on any atom is 0.234 e. The van der Waals surface area contributed by atoms with E-state index in [1.54, 1.807) is 13.8 Å². The van der Waals surface area contributed by atoms with E-state index in [4.69, 9.17) is 10.7 Å². The van der Waals surface area contributed by atoms with Crippen molar-refractivity contribution in [2.24, 2.45) is 0 Å². The molecular formula is C6H12ClNO3S. The molecule has 0 heterocycles. The number of amides is 1. The molecule has 0 aliphatic carbocycles. The third-order valence-electron chi connectivity index (χ3n) is 1.05. The largest absolute Gasteiger partial charge is 0.350 e. The zero-order chi connectivity index (χ0) is 9.99. The maximum absolute atomic E-state index is 10.6. The maximum atomic E-state index is 10.6. The highest BCUT2D eigenvalue weighted by atomic mass is 35.7. The lowest BCUT2D eigenvalue weighted by molar-refractivity contribution is -0.120. The second-order valence-electron chi connectivity index (χ2n) is 3.25. The van der Waals surface area contributed by atoms with Gasteiger partial charge in [-0.3, -0.25) is 4.79 Å². The predicted molar refractivity (Wildman–Crippen MR) is 47.5 cm³/mol. The monoisotopic (exact) mass is 213 g/mol. The minimum Gasteiger partial charge on any atom is -0.350 e. The molecule has 0 atom stereocenters. The van der Waals surface area contributed by atoms with Crippen molar-refractivity contribution in [1.29, 1.82) is 0 Å². The van der Waals surface area contributed by atoms with E-state index < -0.39 is 14.6 Å². The first-order chi connectivity index (χ1) is 5.12. The summed E-state index contributed by atoms with van der Waals surface area (Å²) in [5, 5.41) is 2.47. The van der Waals surface area contributed by atoms with Crippen LogP contribution in [0.5, 0.6) is 0 Å². The lowest BCUT2D eigenvalue weighted by Gasteiger charge is -2.23. The van der Waals surface area contributed by atoms with Gasteiger partial charge in [0.1, 0.15) is 0 Å². The summed E-state index contributed by atoms with van der Waals surface area (Å²) in [6.45, 7) is 4.51. The van der Waals surface area contributed by atoms with Crippen molar-refractivity contribution in [2.75, 3.05) is 5.75 Å². The lowest BCUT2D eigenvalue weighted by atomic mass is 10.1. The van der Waals surface area contributed by atoms with Crippen LogP contribution in [0, 0.1) is 0 Å². The van der Waals surface area contributed by atoms with Crippen LogP contribution in [0.3, 0.4) is 0 Å². The molecule has 0 fully saturated rings. The SMILES string of the molecule is CC(=O)NC(C)(C)CS(=O)(=O)Cl. The molecule has 1 amide bonds. The number of hydrogen-bond acceptors (Lipinski definition) is 3. The molecule has 0 aromatic carbocycles. The van der Waals surface area contributed by atoms with Crippen LogP contribution in [-0.4, -0.2) is 25.6 Å². The predicted octanol–water partition coefficient (Wildman–Crippen LogP) is 0.470. The summed E-state index contributed by atoms with van der Waals surface area (Å²) < 4.78 is 21.3. The van der Waals surface area contributed by atoms with Gasteiger partial charge in [0, 0.05) is 23.1 Å². The van der Waals surface area contributed by atoms with E-state index in [9.17, 15) is 13.2 Å². The van der Waals surface area contributed by atoms with Crippen molar-refractivity contribution in [3.05, 3.63) is 0 Å². The molecule has 6 heteroatoms. The van der Waals surface area contributed by atoms with Crippen molar-refractivity contribution < 1.29 is 13.2 Å². The Kier molecular flexibility index (Phi) is 3.53. The van der Waals surface area contributed by atoms with E-state index in [0.29, 0.717) is 0 Å². The van der Waals surface area contributed by atoms with Crippen molar-refractivity contribution in [3.8, 4) is 0 Å². The molecule has 0 saturated heterocycles. The van der Waals surface area contributed by atoms with Crippen LogP contribution in [0.4, 0.5) is 0 Å². The minimum absolute atomic E-state index is 0.277. The first-order valence-corrected chi connectivity index (χ1v) is 5.81. The molecule has 12 heavy (non-hydrogen) atoms. The van der Waals surface area contributed by atoms with Crippen LogP contribution in [0.15, 0.2) is 0 Å². The highest BCUT2D eigenvalue weighted by Crippen LogP contribution is 2.09. The number of carbonyl (C=O) groups excluding carboxylic acids is 1. The van der Waals surface area contributed by atoms with Gasteiger partial charge in [-0.15, -0.1) is 0 Å². The molecule has 0 aliphatic heterocycles. The molecule has 1 N–H and O–H groups in total. The number of carbonyl (C=O) groups is 1. The Hall–Kier alpha value is -0.290. The van der Waals surface area contributed by atoms with Gasteiger partial charge < -0.3 is 5.32 Å². The molecular weight excluding hydrogens is 202 g/mol. The van der Waals surface area contributed by atoms with Gasteiger partial charge in [0.05, 0.1) is 5.75 Å². The van der Waals surface area contributed by atoms with Gasteiger partial charge in [0.15, 0.2) is 0 Å². The molecule has 0 bridgehead atoms. The topological polar surface area (TPSA) is 63.2 Å². The van der Waals surface area contributed by atoms with Gasteiger partial charge in [-0.05, 0) is 13.8 Å². The fourth-order valence-corrected chi connectivity index (χ4v) is 2.70. The summed E-state index contributed by atoms with van der Waals surface area (Å²) in [5.41, 5.74) is -0.813. The summed E-state index contributed by atoms with van der Waals surface area (Å²) in [7, 11) is 1.45. The number of nitrogens with one attached hydrogen (secondary N) is 1. The van der Waals surface area contributed by atoms with Crippen molar-refractivity contribution >= 4 is 25.6 Å². The second-order valence-corrected chi connectivity index (χ2v) is 6.03. The van der Waals surface area contributed by atoms with Gasteiger partial charge in [-0.25, -0.2) is 8.42 Å². The third-order valence-corrected chi connectivity index (χ3v) is 2.44. The Morgan fingerprint density at radius 2 is 1.92 bits per heavy atom. The smallest absolute Gasteiger partial charge is 0.234 e. The number of halogens is 1. The van der Waals surface area contributed by atoms with Gasteiger partial charge in [0.25, 0.3) is 0 Å². The molecule has 0 rings (SSSR count). The Morgan fingerprint density at radius 3 is 2.17 bits per heavy atom. The molecule has 72 valence electrons. The summed E-state index contributed by atoms with van der Waals surface area (Å²) in [6.07, 6.45) is 0. The molecule has 0 saturated carbocycles. The Balaban J connectivity index is 4.33. The normalized spacial score (nSPS) is 12.7. The van der Waals surface area contributed by atoms with E-state index >= 15 is 0 Å². The number of hydrogen-bond donors (Lipinski definition) is 1. The van der Waals surface area contributed by atoms with Crippen LogP contribution in [-0.2, 0) is 13.8 Å². The fourth-order valence-electron chi connectivity index (χ4n) is 0.944. The molecule has 0 aromatic rings. The molecule has 0 radical (unpaired) electrons. The molecule has 0 unspecified atom stereocenters. The van der Waals surface area contributed by atoms with E-state index in [2.05, 4.69) is 5.32 Å². The van der Waals surface area contributed by atoms with Gasteiger partial charge >= 0.3 is 0 Å². The zero-order valence-corrected chi connectivity index (χ0v) is 8.79. The first-order valence-electron chi connectivity index (χ1n) is 3.33. The quantitative estimate of drug-likeness (QED) is 0.694. The fraction of sp³-hybridized carbons (Fsp3) is 0.833. The second kappa shape index (κ2) is 3.62. The standard InChI is InChI=1S/C6H12ClNO3S/c1-5(9)8-6(2,3)4-12(7,10)11/h4H2,1-3H3,(H,8,9). The van der Waals surface area contributed by atoms with Gasteiger partial charge in [-0.2, -0.15) is 0 Å². The van der Waals surface area contributed by atoms with E-state index in [1.165, 1.54) is 6.92 Å². The zero-order valence-electron chi connectivity index (χ0n) is 7.22. The summed E-state index contributed by atoms with van der Waals surface area (Å²) >= 11 is 0.